The molecule has 0 radical (unpaired) electrons. The summed E-state index contributed by atoms with van der Waals surface area (Å²) in [5.74, 6) is -0.543. The predicted molar refractivity (Wildman–Crippen MR) is 103 cm³/mol. The third kappa shape index (κ3) is 8.34. The van der Waals surface area contributed by atoms with Crippen LogP contribution >= 0.6 is 11.6 Å². The van der Waals surface area contributed by atoms with Crippen molar-refractivity contribution in [2.75, 3.05) is 12.4 Å². The quantitative estimate of drug-likeness (QED) is 0.542. The predicted octanol–water partition coefficient (Wildman–Crippen LogP) is 2.14. The van der Waals surface area contributed by atoms with E-state index in [9.17, 15) is 14.4 Å². The molecule has 1 rings (SSSR count). The second-order valence-corrected chi connectivity index (χ2v) is 6.90. The second-order valence-electron chi connectivity index (χ2n) is 6.63. The number of halogens is 1. The van der Waals surface area contributed by atoms with Crippen molar-refractivity contribution in [2.45, 2.75) is 45.7 Å². The van der Waals surface area contributed by atoms with Crippen LogP contribution in [-0.2, 0) is 14.4 Å². The summed E-state index contributed by atoms with van der Waals surface area (Å²) in [4.78, 5) is 35.6. The highest BCUT2D eigenvalue weighted by molar-refractivity contribution is 6.27. The van der Waals surface area contributed by atoms with Gasteiger partial charge in [0, 0.05) is 13.5 Å². The van der Waals surface area contributed by atoms with Gasteiger partial charge in [0.1, 0.15) is 11.9 Å². The Morgan fingerprint density at radius 3 is 2.23 bits per heavy atom. The lowest BCUT2D eigenvalue weighted by Gasteiger charge is -2.22. The number of alkyl halides is 1. The fourth-order valence-electron chi connectivity index (χ4n) is 2.51. The first-order valence-electron chi connectivity index (χ1n) is 8.78. The summed E-state index contributed by atoms with van der Waals surface area (Å²) >= 11 is 5.58. The van der Waals surface area contributed by atoms with Crippen molar-refractivity contribution in [3.05, 3.63) is 35.9 Å². The molecule has 0 spiro atoms. The van der Waals surface area contributed by atoms with Gasteiger partial charge >= 0.3 is 0 Å². The Balaban J connectivity index is 2.75. The van der Waals surface area contributed by atoms with E-state index in [0.29, 0.717) is 12.3 Å². The van der Waals surface area contributed by atoms with Gasteiger partial charge in [-0.3, -0.25) is 14.4 Å². The average Bonchev–Trinajstić information content (AvgIpc) is 2.61. The first-order valence-corrected chi connectivity index (χ1v) is 9.32. The summed E-state index contributed by atoms with van der Waals surface area (Å²) in [6, 6.07) is 8.36. The molecule has 26 heavy (non-hydrogen) atoms. The molecule has 0 saturated heterocycles. The average molecular weight is 382 g/mol. The van der Waals surface area contributed by atoms with Gasteiger partial charge in [-0.1, -0.05) is 44.2 Å². The summed E-state index contributed by atoms with van der Waals surface area (Å²) in [6.07, 6.45) is 1.39. The van der Waals surface area contributed by atoms with Gasteiger partial charge in [0.25, 0.3) is 0 Å². The lowest BCUT2D eigenvalue weighted by atomic mass is 10.0. The van der Waals surface area contributed by atoms with Gasteiger partial charge in [-0.25, -0.2) is 0 Å². The summed E-state index contributed by atoms with van der Waals surface area (Å²) in [5.41, 5.74) is 0.865. The Morgan fingerprint density at radius 2 is 1.69 bits per heavy atom. The lowest BCUT2D eigenvalue weighted by molar-refractivity contribution is -0.128. The zero-order valence-electron chi connectivity index (χ0n) is 15.5. The maximum Gasteiger partial charge on any atom is 0.242 e. The number of hydrogen-bond donors (Lipinski definition) is 3. The number of nitrogens with one attached hydrogen (secondary N) is 3. The largest absolute Gasteiger partial charge is 0.352 e. The highest BCUT2D eigenvalue weighted by atomic mass is 35.5. The molecule has 0 bridgehead atoms. The van der Waals surface area contributed by atoms with Gasteiger partial charge in [-0.05, 0) is 24.3 Å². The molecule has 144 valence electrons. The van der Waals surface area contributed by atoms with Crippen LogP contribution in [0.4, 0.5) is 0 Å². The summed E-state index contributed by atoms with van der Waals surface area (Å²) in [6.45, 7) is 5.73. The second kappa shape index (κ2) is 11.5. The first-order chi connectivity index (χ1) is 12.3. The van der Waals surface area contributed by atoms with Gasteiger partial charge in [0.2, 0.25) is 17.7 Å². The summed E-state index contributed by atoms with van der Waals surface area (Å²) < 4.78 is 0. The van der Waals surface area contributed by atoms with Gasteiger partial charge < -0.3 is 16.0 Å². The van der Waals surface area contributed by atoms with Crippen LogP contribution in [0.5, 0.6) is 0 Å². The van der Waals surface area contributed by atoms with E-state index < -0.39 is 12.1 Å². The van der Waals surface area contributed by atoms with E-state index in [2.05, 4.69) is 29.8 Å². The molecule has 0 fully saturated rings. The van der Waals surface area contributed by atoms with Gasteiger partial charge in [-0.2, -0.15) is 0 Å². The summed E-state index contributed by atoms with van der Waals surface area (Å²) in [7, 11) is 0. The van der Waals surface area contributed by atoms with E-state index in [0.717, 1.165) is 12.0 Å². The van der Waals surface area contributed by atoms with Crippen molar-refractivity contribution in [1.82, 2.24) is 16.0 Å². The molecule has 1 aromatic carbocycles. The van der Waals surface area contributed by atoms with Crippen molar-refractivity contribution >= 4 is 29.3 Å². The van der Waals surface area contributed by atoms with Crippen molar-refractivity contribution < 1.29 is 14.4 Å². The minimum absolute atomic E-state index is 0.153. The zero-order chi connectivity index (χ0) is 19.5. The molecule has 2 unspecified atom stereocenters. The first kappa shape index (κ1) is 22.0. The fraction of sp³-hybridized carbons (Fsp3) is 0.526. The molecular weight excluding hydrogens is 354 g/mol. The van der Waals surface area contributed by atoms with Gasteiger partial charge in [0.15, 0.2) is 0 Å². The third-order valence-electron chi connectivity index (χ3n) is 3.87. The minimum atomic E-state index is -0.588. The molecule has 7 heteroatoms. The van der Waals surface area contributed by atoms with Crippen LogP contribution in [-0.4, -0.2) is 36.2 Å². The number of amides is 3. The number of hydrogen-bond acceptors (Lipinski definition) is 3. The van der Waals surface area contributed by atoms with Crippen molar-refractivity contribution in [3.63, 3.8) is 0 Å². The Labute approximate surface area is 160 Å². The van der Waals surface area contributed by atoms with Crippen LogP contribution in [0, 0.1) is 5.92 Å². The van der Waals surface area contributed by atoms with Gasteiger partial charge in [0.05, 0.1) is 6.04 Å². The zero-order valence-corrected chi connectivity index (χ0v) is 16.3. The van der Waals surface area contributed by atoms with Crippen molar-refractivity contribution in [3.8, 4) is 0 Å². The lowest BCUT2D eigenvalue weighted by Crippen LogP contribution is -2.48. The highest BCUT2D eigenvalue weighted by Gasteiger charge is 2.21. The standard InChI is InChI=1S/C19H28ClN3O3/c1-13(2)9-10-16(22-14(3)24)19(26)21-12-17(23-18(25)11-20)15-7-5-4-6-8-15/h4-8,13,16-17H,9-12H2,1-3H3,(H,21,26)(H,22,24)(H,23,25). The SMILES string of the molecule is CC(=O)NC(CCC(C)C)C(=O)NCC(NC(=O)CCl)c1ccccc1. The van der Waals surface area contributed by atoms with E-state index in [-0.39, 0.29) is 30.1 Å². The molecule has 0 saturated carbocycles. The normalized spacial score (nSPS) is 13.0. The van der Waals surface area contributed by atoms with Crippen molar-refractivity contribution in [2.24, 2.45) is 5.92 Å². The molecule has 0 aromatic heterocycles. The number of carbonyl (C=O) groups excluding carboxylic acids is 3. The number of benzene rings is 1. The van der Waals surface area contributed by atoms with E-state index in [1.807, 2.05) is 30.3 Å². The molecule has 2 atom stereocenters. The fourth-order valence-corrected chi connectivity index (χ4v) is 2.59. The van der Waals surface area contributed by atoms with Crippen LogP contribution < -0.4 is 16.0 Å². The third-order valence-corrected chi connectivity index (χ3v) is 4.11. The monoisotopic (exact) mass is 381 g/mol. The molecule has 1 aromatic rings. The molecular formula is C19H28ClN3O3. The van der Waals surface area contributed by atoms with Crippen molar-refractivity contribution in [1.29, 1.82) is 0 Å². The Bertz CT molecular complexity index is 593. The number of carbonyl (C=O) groups is 3. The molecule has 6 nitrogen and oxygen atoms in total. The van der Waals surface area contributed by atoms with E-state index in [1.165, 1.54) is 6.92 Å². The van der Waals surface area contributed by atoms with Crippen LogP contribution in [0.3, 0.4) is 0 Å². The van der Waals surface area contributed by atoms with Crippen LogP contribution in [0.25, 0.3) is 0 Å². The maximum absolute atomic E-state index is 12.5. The van der Waals surface area contributed by atoms with E-state index in [4.69, 9.17) is 11.6 Å². The van der Waals surface area contributed by atoms with Crippen LogP contribution in [0.15, 0.2) is 30.3 Å². The topological polar surface area (TPSA) is 87.3 Å². The number of rotatable bonds is 10. The molecule has 0 aliphatic carbocycles. The molecule has 0 heterocycles. The molecule has 3 amide bonds. The van der Waals surface area contributed by atoms with Gasteiger partial charge in [-0.15, -0.1) is 11.6 Å². The molecule has 3 N–H and O–H groups in total. The maximum atomic E-state index is 12.5. The minimum Gasteiger partial charge on any atom is -0.352 e. The summed E-state index contributed by atoms with van der Waals surface area (Å²) in [5, 5.41) is 8.31. The smallest absolute Gasteiger partial charge is 0.242 e. The Morgan fingerprint density at radius 1 is 1.04 bits per heavy atom. The van der Waals surface area contributed by atoms with Crippen LogP contribution in [0.2, 0.25) is 0 Å². The molecule has 0 aliphatic rings. The molecule has 0 aliphatic heterocycles. The Hall–Kier alpha value is -2.08. The van der Waals surface area contributed by atoms with E-state index in [1.54, 1.807) is 0 Å². The van der Waals surface area contributed by atoms with E-state index >= 15 is 0 Å². The Kier molecular flexibility index (Phi) is 9.73. The highest BCUT2D eigenvalue weighted by Crippen LogP contribution is 2.12. The van der Waals surface area contributed by atoms with Crippen LogP contribution in [0.1, 0.15) is 45.2 Å².